The van der Waals surface area contributed by atoms with Crippen molar-refractivity contribution >= 4 is 11.9 Å². The first-order valence-electron chi connectivity index (χ1n) is 9.61. The summed E-state index contributed by atoms with van der Waals surface area (Å²) in [6.07, 6.45) is -2.91. The van der Waals surface area contributed by atoms with Crippen molar-refractivity contribution < 1.29 is 22.7 Å². The molecule has 1 aliphatic rings. The SMILES string of the molecule is Nc1nccc(-c2cc3c(n2CC(F)(F)F)C[C@H](COCc2ccccc2)NC3=O)n1. The van der Waals surface area contributed by atoms with Gasteiger partial charge in [-0.05, 0) is 17.7 Å². The number of carbonyl (C=O) groups is 1. The van der Waals surface area contributed by atoms with Gasteiger partial charge in [-0.2, -0.15) is 13.2 Å². The van der Waals surface area contributed by atoms with Gasteiger partial charge < -0.3 is 20.4 Å². The molecule has 3 heterocycles. The van der Waals surface area contributed by atoms with E-state index >= 15 is 0 Å². The van der Waals surface area contributed by atoms with Gasteiger partial charge in [-0.3, -0.25) is 4.79 Å². The topological polar surface area (TPSA) is 95.1 Å². The number of anilines is 1. The Bertz CT molecular complexity index is 1080. The zero-order chi connectivity index (χ0) is 22.0. The Kier molecular flexibility index (Phi) is 5.64. The van der Waals surface area contributed by atoms with Gasteiger partial charge in [-0.1, -0.05) is 30.3 Å². The van der Waals surface area contributed by atoms with Gasteiger partial charge in [0.25, 0.3) is 5.91 Å². The van der Waals surface area contributed by atoms with Crippen LogP contribution in [0.15, 0.2) is 48.7 Å². The summed E-state index contributed by atoms with van der Waals surface area (Å²) in [6, 6.07) is 11.9. The first-order chi connectivity index (χ1) is 14.8. The molecule has 162 valence electrons. The van der Waals surface area contributed by atoms with Gasteiger partial charge in [-0.15, -0.1) is 0 Å². The van der Waals surface area contributed by atoms with Crippen LogP contribution in [0.2, 0.25) is 0 Å². The molecule has 0 aliphatic carbocycles. The molecule has 0 spiro atoms. The first kappa shape index (κ1) is 20.9. The number of hydrogen-bond donors (Lipinski definition) is 2. The number of carbonyl (C=O) groups excluding carboxylic acids is 1. The number of alkyl halides is 3. The number of nitrogens with zero attached hydrogens (tertiary/aromatic N) is 3. The number of nitrogens with one attached hydrogen (secondary N) is 1. The molecule has 2 aromatic heterocycles. The van der Waals surface area contributed by atoms with Crippen LogP contribution in [0.1, 0.15) is 21.6 Å². The Morgan fingerprint density at radius 3 is 2.71 bits per heavy atom. The lowest BCUT2D eigenvalue weighted by atomic mass is 10.0. The number of fused-ring (bicyclic) bond motifs is 1. The maximum Gasteiger partial charge on any atom is 0.406 e. The number of nitrogen functional groups attached to an aromatic ring is 1. The van der Waals surface area contributed by atoms with E-state index in [2.05, 4.69) is 15.3 Å². The highest BCUT2D eigenvalue weighted by molar-refractivity contribution is 5.98. The molecule has 3 N–H and O–H groups in total. The summed E-state index contributed by atoms with van der Waals surface area (Å²) < 4.78 is 46.8. The number of rotatable bonds is 6. The van der Waals surface area contributed by atoms with Crippen molar-refractivity contribution in [1.29, 1.82) is 0 Å². The van der Waals surface area contributed by atoms with Gasteiger partial charge in [0.2, 0.25) is 5.95 Å². The van der Waals surface area contributed by atoms with Gasteiger partial charge in [0.15, 0.2) is 0 Å². The van der Waals surface area contributed by atoms with Gasteiger partial charge >= 0.3 is 6.18 Å². The highest BCUT2D eigenvalue weighted by Crippen LogP contribution is 2.31. The predicted molar refractivity (Wildman–Crippen MR) is 107 cm³/mol. The minimum absolute atomic E-state index is 0.0631. The van der Waals surface area contributed by atoms with E-state index in [4.69, 9.17) is 10.5 Å². The number of aromatic nitrogens is 3. The molecule has 0 fully saturated rings. The summed E-state index contributed by atoms with van der Waals surface area (Å²) >= 11 is 0. The maximum absolute atomic E-state index is 13.3. The normalized spacial score (nSPS) is 16.1. The Morgan fingerprint density at radius 2 is 2.00 bits per heavy atom. The molecular formula is C21H20F3N5O2. The Morgan fingerprint density at radius 1 is 1.23 bits per heavy atom. The van der Waals surface area contributed by atoms with Crippen molar-refractivity contribution in [1.82, 2.24) is 19.9 Å². The van der Waals surface area contributed by atoms with Crippen molar-refractivity contribution in [2.24, 2.45) is 0 Å². The fraction of sp³-hybridized carbons (Fsp3) is 0.286. The third kappa shape index (κ3) is 4.85. The van der Waals surface area contributed by atoms with E-state index in [1.165, 1.54) is 18.3 Å². The molecule has 0 unspecified atom stereocenters. The van der Waals surface area contributed by atoms with Crippen molar-refractivity contribution in [3.63, 3.8) is 0 Å². The monoisotopic (exact) mass is 431 g/mol. The molecule has 31 heavy (non-hydrogen) atoms. The number of halogens is 3. The molecule has 0 bridgehead atoms. The molecule has 1 atom stereocenters. The molecule has 0 saturated heterocycles. The van der Waals surface area contributed by atoms with Crippen molar-refractivity contribution in [2.75, 3.05) is 12.3 Å². The van der Waals surface area contributed by atoms with Crippen LogP contribution in [-0.2, 0) is 24.3 Å². The van der Waals surface area contributed by atoms with Crippen molar-refractivity contribution in [3.8, 4) is 11.4 Å². The maximum atomic E-state index is 13.3. The zero-order valence-electron chi connectivity index (χ0n) is 16.4. The summed E-state index contributed by atoms with van der Waals surface area (Å²) in [6.45, 7) is -0.728. The molecule has 0 saturated carbocycles. The molecule has 7 nitrogen and oxygen atoms in total. The highest BCUT2D eigenvalue weighted by Gasteiger charge is 2.35. The van der Waals surface area contributed by atoms with Crippen LogP contribution in [0.5, 0.6) is 0 Å². The summed E-state index contributed by atoms with van der Waals surface area (Å²) in [5.41, 5.74) is 7.43. The van der Waals surface area contributed by atoms with Gasteiger partial charge in [0.1, 0.15) is 6.54 Å². The van der Waals surface area contributed by atoms with Crippen LogP contribution in [0.3, 0.4) is 0 Å². The van der Waals surface area contributed by atoms with Gasteiger partial charge in [-0.25, -0.2) is 9.97 Å². The zero-order valence-corrected chi connectivity index (χ0v) is 16.4. The van der Waals surface area contributed by atoms with Crippen LogP contribution < -0.4 is 11.1 Å². The van der Waals surface area contributed by atoms with Crippen LogP contribution in [-0.4, -0.2) is 39.3 Å². The number of nitrogens with two attached hydrogens (primary N) is 1. The van der Waals surface area contributed by atoms with Crippen LogP contribution in [0.25, 0.3) is 11.4 Å². The number of benzene rings is 1. The standard InChI is InChI=1S/C21H20F3N5O2/c22-21(23,24)12-29-17-8-14(11-31-10-13-4-2-1-3-5-13)27-19(30)15(17)9-18(29)16-6-7-26-20(25)28-16/h1-7,9,14H,8,10-12H2,(H,27,30)(H2,25,26,28)/t14-/m1/s1. The van der Waals surface area contributed by atoms with Crippen molar-refractivity contribution in [3.05, 3.63) is 65.5 Å². The number of amides is 1. The summed E-state index contributed by atoms with van der Waals surface area (Å²) in [5, 5.41) is 2.81. The summed E-state index contributed by atoms with van der Waals surface area (Å²) in [4.78, 5) is 20.4. The fourth-order valence-corrected chi connectivity index (χ4v) is 3.64. The van der Waals surface area contributed by atoms with E-state index in [9.17, 15) is 18.0 Å². The minimum atomic E-state index is -4.48. The second-order valence-corrected chi connectivity index (χ2v) is 7.27. The predicted octanol–water partition coefficient (Wildman–Crippen LogP) is 2.96. The number of hydrogen-bond acceptors (Lipinski definition) is 5. The average molecular weight is 431 g/mol. The molecule has 0 radical (unpaired) electrons. The van der Waals surface area contributed by atoms with Gasteiger partial charge in [0, 0.05) is 18.3 Å². The quantitative estimate of drug-likeness (QED) is 0.626. The highest BCUT2D eigenvalue weighted by atomic mass is 19.4. The van der Waals surface area contributed by atoms with Gasteiger partial charge in [0.05, 0.1) is 36.2 Å². The van der Waals surface area contributed by atoms with Crippen LogP contribution >= 0.6 is 0 Å². The summed E-state index contributed by atoms with van der Waals surface area (Å²) in [7, 11) is 0. The molecule has 3 aromatic rings. The second-order valence-electron chi connectivity index (χ2n) is 7.27. The Balaban J connectivity index is 1.60. The van der Waals surface area contributed by atoms with E-state index in [-0.39, 0.29) is 35.9 Å². The third-order valence-electron chi connectivity index (χ3n) is 4.93. The lowest BCUT2D eigenvalue weighted by Gasteiger charge is -2.26. The van der Waals surface area contributed by atoms with Crippen molar-refractivity contribution in [2.45, 2.75) is 31.8 Å². The smallest absolute Gasteiger partial charge is 0.375 e. The van der Waals surface area contributed by atoms with E-state index in [0.29, 0.717) is 12.3 Å². The average Bonchev–Trinajstić information content (AvgIpc) is 3.06. The van der Waals surface area contributed by atoms with E-state index < -0.39 is 24.7 Å². The largest absolute Gasteiger partial charge is 0.406 e. The molecule has 4 rings (SSSR count). The van der Waals surface area contributed by atoms with E-state index in [0.717, 1.165) is 10.1 Å². The second kappa shape index (κ2) is 8.38. The minimum Gasteiger partial charge on any atom is -0.375 e. The molecule has 1 amide bonds. The summed E-state index contributed by atoms with van der Waals surface area (Å²) in [5.74, 6) is -0.509. The van der Waals surface area contributed by atoms with E-state index in [1.54, 1.807) is 0 Å². The Labute approximate surface area is 176 Å². The molecule has 1 aliphatic heterocycles. The Hall–Kier alpha value is -3.40. The molecule has 10 heteroatoms. The number of ether oxygens (including phenoxy) is 1. The fourth-order valence-electron chi connectivity index (χ4n) is 3.64. The van der Waals surface area contributed by atoms with Crippen LogP contribution in [0, 0.1) is 0 Å². The molecular weight excluding hydrogens is 411 g/mol. The lowest BCUT2D eigenvalue weighted by molar-refractivity contribution is -0.140. The first-order valence-corrected chi connectivity index (χ1v) is 9.61. The van der Waals surface area contributed by atoms with E-state index in [1.807, 2.05) is 30.3 Å². The third-order valence-corrected chi connectivity index (χ3v) is 4.93. The molecule has 1 aromatic carbocycles. The van der Waals surface area contributed by atoms with Crippen LogP contribution in [0.4, 0.5) is 19.1 Å². The lowest BCUT2D eigenvalue weighted by Crippen LogP contribution is -2.44.